The fourth-order valence-electron chi connectivity index (χ4n) is 7.66. The van der Waals surface area contributed by atoms with Crippen molar-refractivity contribution in [2.24, 2.45) is 34.0 Å². The average molecular weight is 399 g/mol. The third kappa shape index (κ3) is 2.74. The number of hydrogen-bond donors (Lipinski definition) is 2. The van der Waals surface area contributed by atoms with E-state index in [9.17, 15) is 15.0 Å². The maximum Gasteiger partial charge on any atom is 0.332 e. The molecule has 3 aliphatic carbocycles. The molecular formula is C25H34O4. The van der Waals surface area contributed by atoms with E-state index in [0.29, 0.717) is 28.6 Å². The van der Waals surface area contributed by atoms with Crippen molar-refractivity contribution in [3.63, 3.8) is 0 Å². The summed E-state index contributed by atoms with van der Waals surface area (Å²) < 4.78 is 5.21. The molecule has 5 atom stereocenters. The molecule has 0 saturated heterocycles. The molecule has 2 N–H and O–H groups in total. The van der Waals surface area contributed by atoms with Gasteiger partial charge >= 0.3 is 5.97 Å². The van der Waals surface area contributed by atoms with E-state index in [0.717, 1.165) is 30.7 Å². The minimum absolute atomic E-state index is 0.0612. The van der Waals surface area contributed by atoms with Gasteiger partial charge in [0.2, 0.25) is 0 Å². The van der Waals surface area contributed by atoms with Crippen LogP contribution >= 0.6 is 0 Å². The van der Waals surface area contributed by atoms with Crippen molar-refractivity contribution in [1.82, 2.24) is 0 Å². The molecule has 2 bridgehead atoms. The Morgan fingerprint density at radius 1 is 1.17 bits per heavy atom. The summed E-state index contributed by atoms with van der Waals surface area (Å²) in [6.45, 7) is 9.36. The summed E-state index contributed by atoms with van der Waals surface area (Å²) >= 11 is 0. The molecule has 1 aromatic carbocycles. The largest absolute Gasteiger partial charge is 0.504 e. The van der Waals surface area contributed by atoms with Crippen molar-refractivity contribution in [3.05, 3.63) is 29.3 Å². The number of phenolic OH excluding ortho intramolecular Hbond substituents is 1. The zero-order valence-electron chi connectivity index (χ0n) is 18.3. The highest BCUT2D eigenvalue weighted by Crippen LogP contribution is 2.75. The Bertz CT molecular complexity index is 870. The summed E-state index contributed by atoms with van der Waals surface area (Å²) in [5, 5.41) is 20.1. The molecule has 0 radical (unpaired) electrons. The summed E-state index contributed by atoms with van der Waals surface area (Å²) in [5.41, 5.74) is 1.42. The van der Waals surface area contributed by atoms with E-state index in [1.165, 1.54) is 20.0 Å². The highest BCUT2D eigenvalue weighted by Gasteiger charge is 2.68. The molecule has 29 heavy (non-hydrogen) atoms. The SMILES string of the molecule is COc1cc(/C=C(\C(=O)O)[C@]2(C)CC[C@@]34C[C@@H]2C(C)(C)[C@@H]3CC[C@H]4C)ccc1O. The van der Waals surface area contributed by atoms with E-state index in [1.54, 1.807) is 24.3 Å². The van der Waals surface area contributed by atoms with Gasteiger partial charge in [0.05, 0.1) is 7.11 Å². The standard InChI is InChI=1S/C25H34O4/c1-15-6-9-20-23(2,3)21-14-25(15,20)11-10-24(21,4)17(22(27)28)12-16-7-8-18(26)19(13-16)29-5/h7-8,12-13,15,20-21,26H,6,9-11,14H2,1-5H3,(H,27,28)/b17-12+/t15-,20+,21-,24+,25+/m1/s1. The van der Waals surface area contributed by atoms with Gasteiger partial charge in [-0.05, 0) is 84.5 Å². The monoisotopic (exact) mass is 398 g/mol. The third-order valence-electron chi connectivity index (χ3n) is 9.18. The van der Waals surface area contributed by atoms with Crippen LogP contribution in [0, 0.1) is 34.0 Å². The minimum Gasteiger partial charge on any atom is -0.504 e. The van der Waals surface area contributed by atoms with Gasteiger partial charge in [-0.1, -0.05) is 33.8 Å². The Balaban J connectivity index is 1.78. The minimum atomic E-state index is -0.837. The van der Waals surface area contributed by atoms with Crippen molar-refractivity contribution < 1.29 is 19.7 Å². The second-order valence-electron chi connectivity index (χ2n) is 10.6. The fourth-order valence-corrected chi connectivity index (χ4v) is 7.66. The third-order valence-corrected chi connectivity index (χ3v) is 9.18. The van der Waals surface area contributed by atoms with Crippen LogP contribution in [0.25, 0.3) is 6.08 Å². The Morgan fingerprint density at radius 2 is 1.90 bits per heavy atom. The van der Waals surface area contributed by atoms with E-state index in [2.05, 4.69) is 27.7 Å². The lowest BCUT2D eigenvalue weighted by molar-refractivity contribution is -0.135. The van der Waals surface area contributed by atoms with Gasteiger partial charge in [0.1, 0.15) is 0 Å². The lowest BCUT2D eigenvalue weighted by Crippen LogP contribution is -2.42. The lowest BCUT2D eigenvalue weighted by Gasteiger charge is -2.48. The van der Waals surface area contributed by atoms with Crippen molar-refractivity contribution in [2.75, 3.05) is 7.11 Å². The molecule has 4 heteroatoms. The molecule has 0 heterocycles. The Morgan fingerprint density at radius 3 is 2.55 bits per heavy atom. The predicted octanol–water partition coefficient (Wildman–Crippen LogP) is 5.75. The Hall–Kier alpha value is -1.97. The number of methoxy groups -OCH3 is 1. The molecule has 4 rings (SSSR count). The van der Waals surface area contributed by atoms with E-state index >= 15 is 0 Å². The molecule has 0 aliphatic heterocycles. The van der Waals surface area contributed by atoms with E-state index in [1.807, 2.05) is 0 Å². The number of aromatic hydroxyl groups is 1. The van der Waals surface area contributed by atoms with Crippen LogP contribution in [-0.4, -0.2) is 23.3 Å². The summed E-state index contributed by atoms with van der Waals surface area (Å²) in [6, 6.07) is 5.03. The summed E-state index contributed by atoms with van der Waals surface area (Å²) in [4.78, 5) is 12.5. The number of ether oxygens (including phenoxy) is 1. The smallest absolute Gasteiger partial charge is 0.332 e. The molecule has 4 nitrogen and oxygen atoms in total. The molecule has 0 amide bonds. The van der Waals surface area contributed by atoms with Crippen LogP contribution in [0.2, 0.25) is 0 Å². The van der Waals surface area contributed by atoms with E-state index in [4.69, 9.17) is 4.74 Å². The van der Waals surface area contributed by atoms with Crippen LogP contribution in [-0.2, 0) is 4.79 Å². The first kappa shape index (κ1) is 20.3. The van der Waals surface area contributed by atoms with Crippen LogP contribution in [0.5, 0.6) is 11.5 Å². The molecule has 0 unspecified atom stereocenters. The zero-order chi connectivity index (χ0) is 21.2. The van der Waals surface area contributed by atoms with E-state index in [-0.39, 0.29) is 16.6 Å². The number of benzene rings is 1. The van der Waals surface area contributed by atoms with Gasteiger partial charge < -0.3 is 14.9 Å². The van der Waals surface area contributed by atoms with Crippen molar-refractivity contribution in [2.45, 2.75) is 59.8 Å². The first-order valence-electron chi connectivity index (χ1n) is 10.9. The Labute approximate surface area is 174 Å². The summed E-state index contributed by atoms with van der Waals surface area (Å²) in [7, 11) is 1.50. The van der Waals surface area contributed by atoms with Crippen LogP contribution < -0.4 is 4.74 Å². The number of fused-ring (bicyclic) bond motifs is 1. The van der Waals surface area contributed by atoms with E-state index < -0.39 is 5.97 Å². The van der Waals surface area contributed by atoms with Gasteiger partial charge in [-0.15, -0.1) is 0 Å². The number of carboxylic acid groups (broad SMARTS) is 1. The first-order chi connectivity index (χ1) is 13.6. The predicted molar refractivity (Wildman–Crippen MR) is 114 cm³/mol. The molecule has 3 fully saturated rings. The molecular weight excluding hydrogens is 364 g/mol. The van der Waals surface area contributed by atoms with Crippen LogP contribution in [0.4, 0.5) is 0 Å². The number of carbonyl (C=O) groups is 1. The quantitative estimate of drug-likeness (QED) is 0.634. The van der Waals surface area contributed by atoms with Crippen LogP contribution in [0.15, 0.2) is 23.8 Å². The second-order valence-corrected chi connectivity index (χ2v) is 10.6. The van der Waals surface area contributed by atoms with Gasteiger partial charge in [-0.3, -0.25) is 0 Å². The molecule has 1 aromatic rings. The van der Waals surface area contributed by atoms with Gasteiger partial charge in [0.15, 0.2) is 11.5 Å². The average Bonchev–Trinajstić information content (AvgIpc) is 3.09. The van der Waals surface area contributed by atoms with Gasteiger partial charge in [-0.25, -0.2) is 4.79 Å². The van der Waals surface area contributed by atoms with Crippen LogP contribution in [0.1, 0.15) is 65.4 Å². The summed E-state index contributed by atoms with van der Waals surface area (Å²) in [5.74, 6) is 1.38. The second kappa shape index (κ2) is 6.52. The fraction of sp³-hybridized carbons (Fsp3) is 0.640. The number of phenols is 1. The number of hydrogen-bond acceptors (Lipinski definition) is 3. The normalized spacial score (nSPS) is 38.0. The molecule has 158 valence electrons. The van der Waals surface area contributed by atoms with Crippen molar-refractivity contribution in [3.8, 4) is 11.5 Å². The maximum atomic E-state index is 12.5. The molecule has 3 aliphatic rings. The molecule has 1 spiro atoms. The molecule has 0 aromatic heterocycles. The van der Waals surface area contributed by atoms with Gasteiger partial charge in [0, 0.05) is 11.0 Å². The molecule has 3 saturated carbocycles. The van der Waals surface area contributed by atoms with Gasteiger partial charge in [0.25, 0.3) is 0 Å². The number of rotatable bonds is 4. The summed E-state index contributed by atoms with van der Waals surface area (Å²) in [6.07, 6.45) is 7.59. The van der Waals surface area contributed by atoms with Crippen molar-refractivity contribution >= 4 is 12.0 Å². The first-order valence-corrected chi connectivity index (χ1v) is 10.9. The van der Waals surface area contributed by atoms with Crippen molar-refractivity contribution in [1.29, 1.82) is 0 Å². The number of carboxylic acids is 1. The lowest BCUT2D eigenvalue weighted by atomic mass is 9.56. The highest BCUT2D eigenvalue weighted by molar-refractivity contribution is 5.94. The highest BCUT2D eigenvalue weighted by atomic mass is 16.5. The maximum absolute atomic E-state index is 12.5. The number of aliphatic carboxylic acids is 1. The van der Waals surface area contributed by atoms with Gasteiger partial charge in [-0.2, -0.15) is 0 Å². The van der Waals surface area contributed by atoms with Crippen LogP contribution in [0.3, 0.4) is 0 Å². The topological polar surface area (TPSA) is 66.8 Å². The Kier molecular flexibility index (Phi) is 4.56. The zero-order valence-corrected chi connectivity index (χ0v) is 18.3.